The van der Waals surface area contributed by atoms with Crippen molar-refractivity contribution in [3.05, 3.63) is 54.7 Å². The standard InChI is InChI=1S/C28H35N3O7S2/c32-21(19-37-22-4-3-5-24(14-22)39(33,34)23-8-9-23)16-29-20-15-28(38-18-20)10-12-31(13-11-28)40(35,36)27-17-30-26-7-2-1-6-25(26)27/h1-7,14,17,20-21,23,29-30,32H,8-13,15-16,18-19H2. The molecule has 0 radical (unpaired) electrons. The first-order chi connectivity index (χ1) is 19.2. The topological polar surface area (TPSA) is 138 Å². The van der Waals surface area contributed by atoms with Gasteiger partial charge in [0.15, 0.2) is 9.84 Å². The smallest absolute Gasteiger partial charge is 0.245 e. The van der Waals surface area contributed by atoms with Crippen LogP contribution >= 0.6 is 0 Å². The van der Waals surface area contributed by atoms with Crippen LogP contribution in [0.2, 0.25) is 0 Å². The molecule has 2 aliphatic heterocycles. The lowest BCUT2D eigenvalue weighted by atomic mass is 9.88. The van der Waals surface area contributed by atoms with E-state index in [2.05, 4.69) is 10.3 Å². The molecule has 2 saturated heterocycles. The first kappa shape index (κ1) is 27.7. The van der Waals surface area contributed by atoms with Gasteiger partial charge in [0, 0.05) is 42.8 Å². The molecule has 40 heavy (non-hydrogen) atoms. The van der Waals surface area contributed by atoms with Crippen LogP contribution in [0, 0.1) is 0 Å². The predicted octanol–water partition coefficient (Wildman–Crippen LogP) is 2.45. The van der Waals surface area contributed by atoms with E-state index in [9.17, 15) is 21.9 Å². The van der Waals surface area contributed by atoms with Crippen LogP contribution in [0.15, 0.2) is 64.5 Å². The van der Waals surface area contributed by atoms with Gasteiger partial charge in [0.05, 0.1) is 22.4 Å². The van der Waals surface area contributed by atoms with Crippen LogP contribution in [0.3, 0.4) is 0 Å². The minimum absolute atomic E-state index is 0.0271. The second-order valence-corrected chi connectivity index (χ2v) is 15.2. The fourth-order valence-corrected chi connectivity index (χ4v) is 9.02. The lowest BCUT2D eigenvalue weighted by Crippen LogP contribution is -2.47. The molecular formula is C28H35N3O7S2. The molecule has 2 atom stereocenters. The Hall–Kier alpha value is -2.48. The Balaban J connectivity index is 0.972. The second-order valence-electron chi connectivity index (χ2n) is 11.1. The number of sulfonamides is 1. The van der Waals surface area contributed by atoms with Crippen LogP contribution in [0.25, 0.3) is 10.9 Å². The fourth-order valence-electron chi connectivity index (χ4n) is 5.72. The molecule has 3 heterocycles. The Morgan fingerprint density at radius 1 is 1.10 bits per heavy atom. The van der Waals surface area contributed by atoms with Crippen molar-refractivity contribution in [2.24, 2.45) is 0 Å². The molecule has 216 valence electrons. The molecule has 1 aromatic heterocycles. The van der Waals surface area contributed by atoms with Crippen molar-refractivity contribution in [2.45, 2.75) is 64.9 Å². The van der Waals surface area contributed by atoms with E-state index < -0.39 is 26.0 Å². The first-order valence-corrected chi connectivity index (χ1v) is 16.7. The summed E-state index contributed by atoms with van der Waals surface area (Å²) in [4.78, 5) is 3.61. The van der Waals surface area contributed by atoms with Crippen LogP contribution in [-0.4, -0.2) is 87.1 Å². The molecule has 6 rings (SSSR count). The zero-order valence-corrected chi connectivity index (χ0v) is 23.8. The molecular weight excluding hydrogens is 554 g/mol. The summed E-state index contributed by atoms with van der Waals surface area (Å²) in [7, 11) is -6.92. The number of aromatic nitrogens is 1. The highest BCUT2D eigenvalue weighted by molar-refractivity contribution is 7.92. The van der Waals surface area contributed by atoms with E-state index in [1.807, 2.05) is 24.3 Å². The van der Waals surface area contributed by atoms with Crippen LogP contribution in [0.5, 0.6) is 5.75 Å². The third-order valence-corrected chi connectivity index (χ3v) is 12.4. The number of benzene rings is 2. The average molecular weight is 590 g/mol. The molecule has 0 amide bonds. The van der Waals surface area contributed by atoms with Crippen molar-refractivity contribution in [1.82, 2.24) is 14.6 Å². The molecule has 3 fully saturated rings. The summed E-state index contributed by atoms with van der Waals surface area (Å²) in [5.41, 5.74) is 0.420. The number of nitrogens with one attached hydrogen (secondary N) is 2. The number of aliphatic hydroxyl groups excluding tert-OH is 1. The number of nitrogens with zero attached hydrogens (tertiary/aromatic N) is 1. The van der Waals surface area contributed by atoms with E-state index in [4.69, 9.17) is 9.47 Å². The van der Waals surface area contributed by atoms with Crippen molar-refractivity contribution in [1.29, 1.82) is 0 Å². The molecule has 1 spiro atoms. The largest absolute Gasteiger partial charge is 0.491 e. The number of fused-ring (bicyclic) bond motifs is 1. The van der Waals surface area contributed by atoms with Gasteiger partial charge in [-0.15, -0.1) is 0 Å². The van der Waals surface area contributed by atoms with Gasteiger partial charge in [-0.2, -0.15) is 4.31 Å². The van der Waals surface area contributed by atoms with Crippen LogP contribution in [0.1, 0.15) is 32.1 Å². The average Bonchev–Trinajstić information content (AvgIpc) is 3.62. The van der Waals surface area contributed by atoms with Crippen LogP contribution in [-0.2, 0) is 24.6 Å². The minimum atomic E-state index is -3.62. The van der Waals surface area contributed by atoms with E-state index in [-0.39, 0.29) is 28.4 Å². The van der Waals surface area contributed by atoms with Crippen molar-refractivity contribution >= 4 is 30.8 Å². The number of para-hydroxylation sites is 1. The number of rotatable bonds is 10. The summed E-state index contributed by atoms with van der Waals surface area (Å²) in [5, 5.41) is 14.2. The third kappa shape index (κ3) is 5.53. The number of H-pyrrole nitrogens is 1. The van der Waals surface area contributed by atoms with Crippen LogP contribution in [0.4, 0.5) is 0 Å². The molecule has 3 N–H and O–H groups in total. The number of hydrogen-bond donors (Lipinski definition) is 3. The SMILES string of the molecule is O=S(=O)(c1cccc(OCC(O)CNC2COC3(CCN(S(=O)(=O)c4c[nH]c5ccccc45)CC3)C2)c1)C1CC1. The molecule has 2 aromatic carbocycles. The summed E-state index contributed by atoms with van der Waals surface area (Å²) in [6.45, 7) is 1.59. The monoisotopic (exact) mass is 589 g/mol. The molecule has 1 saturated carbocycles. The maximum atomic E-state index is 13.4. The van der Waals surface area contributed by atoms with Crippen molar-refractivity contribution in [2.75, 3.05) is 32.8 Å². The molecule has 12 heteroatoms. The number of sulfone groups is 1. The Morgan fingerprint density at radius 2 is 1.88 bits per heavy atom. The van der Waals surface area contributed by atoms with Gasteiger partial charge in [-0.05, 0) is 56.4 Å². The van der Waals surface area contributed by atoms with Gasteiger partial charge >= 0.3 is 0 Å². The predicted molar refractivity (Wildman–Crippen MR) is 150 cm³/mol. The molecule has 3 aromatic rings. The zero-order chi connectivity index (χ0) is 28.0. The van der Waals surface area contributed by atoms with E-state index >= 15 is 0 Å². The molecule has 3 aliphatic rings. The Kier molecular flexibility index (Phi) is 7.43. The number of aliphatic hydroxyl groups is 1. The van der Waals surface area contributed by atoms with Gasteiger partial charge in [0.1, 0.15) is 23.4 Å². The quantitative estimate of drug-likeness (QED) is 0.328. The maximum absolute atomic E-state index is 13.4. The summed E-state index contributed by atoms with van der Waals surface area (Å²) < 4.78 is 65.1. The van der Waals surface area contributed by atoms with E-state index in [1.54, 1.807) is 28.7 Å². The summed E-state index contributed by atoms with van der Waals surface area (Å²) in [6.07, 6.45) is 4.14. The molecule has 10 nitrogen and oxygen atoms in total. The lowest BCUT2D eigenvalue weighted by molar-refractivity contribution is -0.0312. The summed E-state index contributed by atoms with van der Waals surface area (Å²) in [6, 6.07) is 13.9. The zero-order valence-electron chi connectivity index (χ0n) is 22.2. The normalized spacial score (nSPS) is 22.6. The van der Waals surface area contributed by atoms with Gasteiger partial charge in [0.2, 0.25) is 10.0 Å². The third-order valence-electron chi connectivity index (χ3n) is 8.19. The maximum Gasteiger partial charge on any atom is 0.245 e. The van der Waals surface area contributed by atoms with Gasteiger partial charge in [-0.1, -0.05) is 24.3 Å². The number of ether oxygens (including phenoxy) is 2. The summed E-state index contributed by atoms with van der Waals surface area (Å²) in [5.74, 6) is 0.415. The van der Waals surface area contributed by atoms with Gasteiger partial charge in [-0.3, -0.25) is 0 Å². The Labute approximate surface area is 234 Å². The first-order valence-electron chi connectivity index (χ1n) is 13.7. The van der Waals surface area contributed by atoms with Crippen LogP contribution < -0.4 is 10.1 Å². The molecule has 2 unspecified atom stereocenters. The van der Waals surface area contributed by atoms with Gasteiger partial charge in [0.25, 0.3) is 0 Å². The Morgan fingerprint density at radius 3 is 2.65 bits per heavy atom. The highest BCUT2D eigenvalue weighted by Gasteiger charge is 2.45. The van der Waals surface area contributed by atoms with E-state index in [0.717, 1.165) is 11.9 Å². The summed E-state index contributed by atoms with van der Waals surface area (Å²) >= 11 is 0. The van der Waals surface area contributed by atoms with Gasteiger partial charge in [-0.25, -0.2) is 16.8 Å². The molecule has 1 aliphatic carbocycles. The number of piperidine rings is 1. The van der Waals surface area contributed by atoms with E-state index in [0.29, 0.717) is 68.0 Å². The minimum Gasteiger partial charge on any atom is -0.491 e. The fraction of sp³-hybridized carbons (Fsp3) is 0.500. The molecule has 0 bridgehead atoms. The second kappa shape index (κ2) is 10.7. The lowest BCUT2D eigenvalue weighted by Gasteiger charge is -2.38. The number of hydrogen-bond acceptors (Lipinski definition) is 8. The Bertz CT molecular complexity index is 1580. The number of aromatic amines is 1. The highest BCUT2D eigenvalue weighted by atomic mass is 32.2. The van der Waals surface area contributed by atoms with Crippen molar-refractivity contribution < 1.29 is 31.4 Å². The van der Waals surface area contributed by atoms with E-state index in [1.165, 1.54) is 6.07 Å². The van der Waals surface area contributed by atoms with Gasteiger partial charge < -0.3 is 24.9 Å². The van der Waals surface area contributed by atoms with Crippen molar-refractivity contribution in [3.8, 4) is 5.75 Å². The van der Waals surface area contributed by atoms with Crippen molar-refractivity contribution in [3.63, 3.8) is 0 Å². The highest BCUT2D eigenvalue weighted by Crippen LogP contribution is 2.38.